The molecule has 1 aliphatic rings. The van der Waals surface area contributed by atoms with Crippen LogP contribution in [-0.2, 0) is 10.3 Å². The highest BCUT2D eigenvalue weighted by Crippen LogP contribution is 2.34. The second-order valence-electron chi connectivity index (χ2n) is 5.42. The van der Waals surface area contributed by atoms with E-state index in [0.717, 1.165) is 16.7 Å². The highest BCUT2D eigenvalue weighted by atomic mass is 16.3. The van der Waals surface area contributed by atoms with E-state index in [1.807, 2.05) is 24.3 Å². The Morgan fingerprint density at radius 2 is 2.00 bits per heavy atom. The van der Waals surface area contributed by atoms with E-state index in [1.54, 1.807) is 26.2 Å². The largest absolute Gasteiger partial charge is 0.506 e. The zero-order valence-electron chi connectivity index (χ0n) is 12.3. The first-order valence-electron chi connectivity index (χ1n) is 6.80. The van der Waals surface area contributed by atoms with Gasteiger partial charge in [-0.1, -0.05) is 18.2 Å². The van der Waals surface area contributed by atoms with E-state index in [-0.39, 0.29) is 17.6 Å². The first kappa shape index (κ1) is 14.1. The van der Waals surface area contributed by atoms with Gasteiger partial charge in [0, 0.05) is 18.8 Å². The zero-order valence-corrected chi connectivity index (χ0v) is 12.3. The van der Waals surface area contributed by atoms with Gasteiger partial charge >= 0.3 is 0 Å². The fourth-order valence-electron chi connectivity index (χ4n) is 2.56. The molecule has 22 heavy (non-hydrogen) atoms. The maximum absolute atomic E-state index is 12.4. The lowest BCUT2D eigenvalue weighted by atomic mass is 9.90. The molecule has 6 nitrogen and oxygen atoms in total. The van der Waals surface area contributed by atoms with Gasteiger partial charge in [-0.2, -0.15) is 0 Å². The average Bonchev–Trinajstić information content (AvgIpc) is 2.72. The molecule has 1 aromatic heterocycles. The molecule has 0 bridgehead atoms. The first-order valence-corrected chi connectivity index (χ1v) is 6.80. The molecule has 3 rings (SSSR count). The number of carbonyl (C=O) groups excluding carboxylic acids is 1. The van der Waals surface area contributed by atoms with Crippen LogP contribution >= 0.6 is 0 Å². The summed E-state index contributed by atoms with van der Waals surface area (Å²) in [4.78, 5) is 22.1. The van der Waals surface area contributed by atoms with E-state index >= 15 is 0 Å². The van der Waals surface area contributed by atoms with Gasteiger partial charge in [0.15, 0.2) is 11.5 Å². The van der Waals surface area contributed by atoms with Crippen molar-refractivity contribution in [1.82, 2.24) is 9.88 Å². The number of nitrogens with two attached hydrogens (primary N) is 1. The number of amides is 1. The third-order valence-electron chi connectivity index (χ3n) is 3.88. The van der Waals surface area contributed by atoms with Crippen LogP contribution in [0, 0.1) is 0 Å². The highest BCUT2D eigenvalue weighted by molar-refractivity contribution is 6.06. The van der Waals surface area contributed by atoms with Gasteiger partial charge in [-0.25, -0.2) is 4.99 Å². The highest BCUT2D eigenvalue weighted by Gasteiger charge is 2.43. The number of aromatic nitrogens is 1. The van der Waals surface area contributed by atoms with Crippen molar-refractivity contribution >= 4 is 11.9 Å². The number of guanidine groups is 1. The van der Waals surface area contributed by atoms with Crippen LogP contribution in [0.25, 0.3) is 11.1 Å². The minimum Gasteiger partial charge on any atom is -0.506 e. The molecular formula is C16H16N4O2. The van der Waals surface area contributed by atoms with Gasteiger partial charge in [-0.05, 0) is 30.2 Å². The number of carbonyl (C=O) groups is 1. The Hall–Kier alpha value is -2.89. The van der Waals surface area contributed by atoms with Crippen LogP contribution in [0.5, 0.6) is 5.75 Å². The van der Waals surface area contributed by atoms with Crippen molar-refractivity contribution in [2.24, 2.45) is 10.7 Å². The molecule has 3 N–H and O–H groups in total. The maximum atomic E-state index is 12.4. The molecule has 112 valence electrons. The smallest absolute Gasteiger partial charge is 0.261 e. The lowest BCUT2D eigenvalue weighted by molar-refractivity contribution is -0.130. The summed E-state index contributed by atoms with van der Waals surface area (Å²) < 4.78 is 0. The molecule has 0 fully saturated rings. The summed E-state index contributed by atoms with van der Waals surface area (Å²) in [5.41, 5.74) is 7.09. The topological polar surface area (TPSA) is 91.8 Å². The molecule has 1 aliphatic heterocycles. The van der Waals surface area contributed by atoms with E-state index in [2.05, 4.69) is 9.98 Å². The Morgan fingerprint density at radius 1 is 1.23 bits per heavy atom. The lowest BCUT2D eigenvalue weighted by Gasteiger charge is -2.21. The van der Waals surface area contributed by atoms with E-state index in [4.69, 9.17) is 5.73 Å². The number of rotatable bonds is 2. The number of hydrogen-bond acceptors (Lipinski definition) is 5. The van der Waals surface area contributed by atoms with Crippen molar-refractivity contribution < 1.29 is 9.90 Å². The summed E-state index contributed by atoms with van der Waals surface area (Å²) in [5.74, 6) is 0.126. The van der Waals surface area contributed by atoms with Crippen LogP contribution < -0.4 is 5.73 Å². The van der Waals surface area contributed by atoms with Crippen LogP contribution in [0.1, 0.15) is 12.5 Å². The van der Waals surface area contributed by atoms with Gasteiger partial charge < -0.3 is 10.8 Å². The maximum Gasteiger partial charge on any atom is 0.261 e. The van der Waals surface area contributed by atoms with Crippen molar-refractivity contribution in [3.8, 4) is 16.9 Å². The minimum atomic E-state index is -1.03. The van der Waals surface area contributed by atoms with Crippen molar-refractivity contribution in [1.29, 1.82) is 0 Å². The van der Waals surface area contributed by atoms with Gasteiger partial charge in [0.25, 0.3) is 5.91 Å². The number of benzene rings is 1. The molecule has 0 saturated carbocycles. The van der Waals surface area contributed by atoms with Crippen molar-refractivity contribution in [3.63, 3.8) is 0 Å². The zero-order chi connectivity index (χ0) is 15.9. The number of hydrogen-bond donors (Lipinski definition) is 2. The molecule has 0 saturated heterocycles. The second kappa shape index (κ2) is 4.84. The van der Waals surface area contributed by atoms with Gasteiger partial charge in [0.1, 0.15) is 5.75 Å². The van der Waals surface area contributed by atoms with E-state index in [0.29, 0.717) is 0 Å². The number of aliphatic imine (C=N–C) groups is 1. The Morgan fingerprint density at radius 3 is 2.64 bits per heavy atom. The van der Waals surface area contributed by atoms with Crippen molar-refractivity contribution in [3.05, 3.63) is 48.3 Å². The SMILES string of the molecule is CN1C(=O)C(C)(c2cccc(-c3cncc(O)c3)c2)N=C1N. The van der Waals surface area contributed by atoms with E-state index in [9.17, 15) is 9.90 Å². The Labute approximate surface area is 127 Å². The fraction of sp³-hybridized carbons (Fsp3) is 0.188. The van der Waals surface area contributed by atoms with Crippen molar-refractivity contribution in [2.45, 2.75) is 12.5 Å². The van der Waals surface area contributed by atoms with Crippen LogP contribution in [-0.4, -0.2) is 33.9 Å². The van der Waals surface area contributed by atoms with Crippen molar-refractivity contribution in [2.75, 3.05) is 7.05 Å². The van der Waals surface area contributed by atoms with E-state index in [1.165, 1.54) is 11.1 Å². The van der Waals surface area contributed by atoms with Gasteiger partial charge in [0.05, 0.1) is 6.20 Å². The molecule has 1 unspecified atom stereocenters. The standard InChI is InChI=1S/C16H16N4O2/c1-16(14(22)20(2)15(17)19-16)12-5-3-4-10(6-12)11-7-13(21)9-18-8-11/h3-9,21H,1-2H3,(H2,17,19). The predicted octanol–water partition coefficient (Wildman–Crippen LogP) is 1.46. The molecule has 1 atom stereocenters. The average molecular weight is 296 g/mol. The van der Waals surface area contributed by atoms with Crippen LogP contribution in [0.3, 0.4) is 0 Å². The molecular weight excluding hydrogens is 280 g/mol. The molecule has 6 heteroatoms. The molecule has 2 heterocycles. The van der Waals surface area contributed by atoms with Crippen LogP contribution in [0.4, 0.5) is 0 Å². The van der Waals surface area contributed by atoms with E-state index < -0.39 is 5.54 Å². The summed E-state index contributed by atoms with van der Waals surface area (Å²) >= 11 is 0. The molecule has 2 aromatic rings. The summed E-state index contributed by atoms with van der Waals surface area (Å²) in [5, 5.41) is 9.56. The van der Waals surface area contributed by atoms with Crippen LogP contribution in [0.15, 0.2) is 47.7 Å². The normalized spacial score (nSPS) is 21.1. The number of likely N-dealkylation sites (N-methyl/N-ethyl adjacent to an activating group) is 1. The molecule has 0 spiro atoms. The fourth-order valence-corrected chi connectivity index (χ4v) is 2.56. The monoisotopic (exact) mass is 296 g/mol. The lowest BCUT2D eigenvalue weighted by Crippen LogP contribution is -2.38. The second-order valence-corrected chi connectivity index (χ2v) is 5.42. The Balaban J connectivity index is 2.08. The molecule has 1 amide bonds. The number of aromatic hydroxyl groups is 1. The summed E-state index contributed by atoms with van der Waals surface area (Å²) in [6.07, 6.45) is 3.02. The quantitative estimate of drug-likeness (QED) is 0.877. The van der Waals surface area contributed by atoms with Gasteiger partial charge in [-0.15, -0.1) is 0 Å². The minimum absolute atomic E-state index is 0.0908. The summed E-state index contributed by atoms with van der Waals surface area (Å²) in [7, 11) is 1.61. The third-order valence-corrected chi connectivity index (χ3v) is 3.88. The van der Waals surface area contributed by atoms with Gasteiger partial charge in [0.2, 0.25) is 0 Å². The predicted molar refractivity (Wildman–Crippen MR) is 83.1 cm³/mol. The Kier molecular flexibility index (Phi) is 3.09. The molecule has 0 aliphatic carbocycles. The Bertz CT molecular complexity index is 787. The first-order chi connectivity index (χ1) is 10.4. The summed E-state index contributed by atoms with van der Waals surface area (Å²) in [6.45, 7) is 1.74. The molecule has 0 radical (unpaired) electrons. The molecule has 1 aromatic carbocycles. The van der Waals surface area contributed by atoms with Gasteiger partial charge in [-0.3, -0.25) is 14.7 Å². The van der Waals surface area contributed by atoms with Crippen LogP contribution in [0.2, 0.25) is 0 Å². The summed E-state index contributed by atoms with van der Waals surface area (Å²) in [6, 6.07) is 9.06. The number of pyridine rings is 1. The third kappa shape index (κ3) is 2.09. The number of nitrogens with zero attached hydrogens (tertiary/aromatic N) is 3.